The first kappa shape index (κ1) is 24.8. The SMILES string of the molecule is CCOc1cc(/C=C2/C(=N)N3N=C(CC)SC3=NC2=O)ccc1OCCOc1ccc(Cl)c(C)c1. The first-order valence-corrected chi connectivity index (χ1v) is 12.4. The molecule has 35 heavy (non-hydrogen) atoms. The lowest BCUT2D eigenvalue weighted by Gasteiger charge is -2.20. The average molecular weight is 513 g/mol. The molecule has 0 spiro atoms. The largest absolute Gasteiger partial charge is 0.490 e. The number of aliphatic imine (C=N–C) groups is 1. The molecule has 2 aliphatic rings. The minimum absolute atomic E-state index is 0.00354. The van der Waals surface area contributed by atoms with Gasteiger partial charge in [0.2, 0.25) is 5.17 Å². The Morgan fingerprint density at radius 1 is 1.09 bits per heavy atom. The molecule has 0 saturated heterocycles. The zero-order valence-corrected chi connectivity index (χ0v) is 21.2. The van der Waals surface area contributed by atoms with Crippen LogP contribution in [0.1, 0.15) is 31.4 Å². The first-order valence-electron chi connectivity index (χ1n) is 11.2. The summed E-state index contributed by atoms with van der Waals surface area (Å²) >= 11 is 7.37. The van der Waals surface area contributed by atoms with Crippen molar-refractivity contribution in [3.8, 4) is 17.2 Å². The molecule has 0 aromatic heterocycles. The van der Waals surface area contributed by atoms with Crippen molar-refractivity contribution in [2.24, 2.45) is 10.1 Å². The molecule has 10 heteroatoms. The third-order valence-corrected chi connectivity index (χ3v) is 6.59. The Kier molecular flexibility index (Phi) is 7.77. The van der Waals surface area contributed by atoms with E-state index in [0.29, 0.717) is 53.5 Å². The molecule has 0 bridgehead atoms. The molecular formula is C25H25ClN4O4S. The number of amides is 1. The summed E-state index contributed by atoms with van der Waals surface area (Å²) in [7, 11) is 0. The van der Waals surface area contributed by atoms with Gasteiger partial charge in [0.15, 0.2) is 17.3 Å². The van der Waals surface area contributed by atoms with Gasteiger partial charge in [-0.15, -0.1) is 0 Å². The van der Waals surface area contributed by atoms with Crippen molar-refractivity contribution in [1.82, 2.24) is 5.01 Å². The van der Waals surface area contributed by atoms with E-state index >= 15 is 0 Å². The van der Waals surface area contributed by atoms with Gasteiger partial charge in [-0.25, -0.2) is 0 Å². The number of rotatable bonds is 9. The average Bonchev–Trinajstić information content (AvgIpc) is 3.26. The number of carbonyl (C=O) groups excluding carboxylic acids is 1. The van der Waals surface area contributed by atoms with Crippen LogP contribution in [0, 0.1) is 12.3 Å². The highest BCUT2D eigenvalue weighted by molar-refractivity contribution is 8.26. The number of nitrogens with one attached hydrogen (secondary N) is 1. The second-order valence-corrected chi connectivity index (χ2v) is 9.06. The lowest BCUT2D eigenvalue weighted by molar-refractivity contribution is -0.114. The topological polar surface area (TPSA) is 96.6 Å². The van der Waals surface area contributed by atoms with Crippen LogP contribution in [0.5, 0.6) is 17.2 Å². The van der Waals surface area contributed by atoms with Gasteiger partial charge < -0.3 is 14.2 Å². The Balaban J connectivity index is 1.45. The highest BCUT2D eigenvalue weighted by Crippen LogP contribution is 2.32. The number of carbonyl (C=O) groups is 1. The van der Waals surface area contributed by atoms with E-state index in [1.165, 1.54) is 16.8 Å². The standard InChI is InChI=1S/C25H25ClN4O4S/c1-4-22-29-30-23(27)18(24(31)28-25(30)35-22)13-16-6-9-20(21(14-16)32-5-2)34-11-10-33-17-7-8-19(26)15(3)12-17/h6-9,12-14,27H,4-5,10-11H2,1-3H3/b18-13-,27-23?. The van der Waals surface area contributed by atoms with Crippen LogP contribution in [0.3, 0.4) is 0 Å². The quantitative estimate of drug-likeness (QED) is 0.350. The number of halogens is 1. The molecule has 182 valence electrons. The van der Waals surface area contributed by atoms with Gasteiger partial charge >= 0.3 is 0 Å². The Labute approximate surface area is 213 Å². The molecule has 2 aromatic carbocycles. The van der Waals surface area contributed by atoms with E-state index in [4.69, 9.17) is 31.2 Å². The molecule has 0 radical (unpaired) electrons. The number of amidine groups is 2. The minimum atomic E-state index is -0.464. The Morgan fingerprint density at radius 2 is 1.89 bits per heavy atom. The van der Waals surface area contributed by atoms with Crippen molar-refractivity contribution in [2.75, 3.05) is 19.8 Å². The van der Waals surface area contributed by atoms with Crippen molar-refractivity contribution < 1.29 is 19.0 Å². The van der Waals surface area contributed by atoms with E-state index in [0.717, 1.165) is 16.4 Å². The van der Waals surface area contributed by atoms with Gasteiger partial charge in [0, 0.05) is 5.02 Å². The number of thioether (sulfide) groups is 1. The number of benzene rings is 2. The second kappa shape index (κ2) is 11.0. The molecule has 0 atom stereocenters. The summed E-state index contributed by atoms with van der Waals surface area (Å²) in [6.07, 6.45) is 2.33. The zero-order chi connectivity index (χ0) is 24.9. The maximum Gasteiger partial charge on any atom is 0.283 e. The maximum absolute atomic E-state index is 12.6. The Hall–Kier alpha value is -3.30. The molecule has 0 fully saturated rings. The molecule has 2 heterocycles. The van der Waals surface area contributed by atoms with Crippen molar-refractivity contribution >= 4 is 51.4 Å². The highest BCUT2D eigenvalue weighted by Gasteiger charge is 2.35. The summed E-state index contributed by atoms with van der Waals surface area (Å²) < 4.78 is 17.4. The number of hydrogen-bond donors (Lipinski definition) is 1. The predicted molar refractivity (Wildman–Crippen MR) is 140 cm³/mol. The molecule has 1 amide bonds. The van der Waals surface area contributed by atoms with Gasteiger partial charge in [-0.3, -0.25) is 10.2 Å². The van der Waals surface area contributed by atoms with Gasteiger partial charge in [-0.05, 0) is 79.6 Å². The summed E-state index contributed by atoms with van der Waals surface area (Å²) in [4.78, 5) is 16.7. The normalized spacial score (nSPS) is 16.2. The van der Waals surface area contributed by atoms with E-state index in [-0.39, 0.29) is 11.4 Å². The third-order valence-electron chi connectivity index (χ3n) is 5.12. The van der Waals surface area contributed by atoms with E-state index in [2.05, 4.69) is 10.1 Å². The summed E-state index contributed by atoms with van der Waals surface area (Å²) in [6, 6.07) is 10.8. The zero-order valence-electron chi connectivity index (χ0n) is 19.6. The molecule has 0 saturated carbocycles. The van der Waals surface area contributed by atoms with Crippen LogP contribution < -0.4 is 14.2 Å². The molecule has 8 nitrogen and oxygen atoms in total. The molecule has 1 N–H and O–H groups in total. The molecule has 2 aliphatic heterocycles. The number of hydrogen-bond acceptors (Lipinski definition) is 7. The van der Waals surface area contributed by atoms with E-state index in [9.17, 15) is 4.79 Å². The smallest absolute Gasteiger partial charge is 0.283 e. The van der Waals surface area contributed by atoms with Crippen LogP contribution in [0.15, 0.2) is 52.1 Å². The van der Waals surface area contributed by atoms with Crippen LogP contribution in [-0.2, 0) is 4.79 Å². The Morgan fingerprint density at radius 3 is 2.63 bits per heavy atom. The fourth-order valence-corrected chi connectivity index (χ4v) is 4.30. The van der Waals surface area contributed by atoms with Gasteiger partial charge in [0.25, 0.3) is 5.91 Å². The summed E-state index contributed by atoms with van der Waals surface area (Å²) in [6.45, 7) is 6.87. The van der Waals surface area contributed by atoms with E-state index in [1.807, 2.05) is 32.9 Å². The fourth-order valence-electron chi connectivity index (χ4n) is 3.36. The molecule has 4 rings (SSSR count). The summed E-state index contributed by atoms with van der Waals surface area (Å²) in [5, 5.41) is 16.2. The molecule has 0 aliphatic carbocycles. The number of hydrazone groups is 1. The third kappa shape index (κ3) is 5.68. The lowest BCUT2D eigenvalue weighted by atomic mass is 10.1. The molecular weight excluding hydrogens is 488 g/mol. The van der Waals surface area contributed by atoms with Gasteiger partial charge in [0.1, 0.15) is 24.0 Å². The van der Waals surface area contributed by atoms with Crippen LogP contribution in [0.4, 0.5) is 0 Å². The highest BCUT2D eigenvalue weighted by atomic mass is 35.5. The number of ether oxygens (including phenoxy) is 3. The Bertz CT molecular complexity index is 1260. The minimum Gasteiger partial charge on any atom is -0.490 e. The fraction of sp³-hybridized carbons (Fsp3) is 0.280. The van der Waals surface area contributed by atoms with E-state index in [1.54, 1.807) is 30.3 Å². The maximum atomic E-state index is 12.6. The van der Waals surface area contributed by atoms with Gasteiger partial charge in [-0.2, -0.15) is 15.1 Å². The molecule has 0 unspecified atom stereocenters. The van der Waals surface area contributed by atoms with Crippen molar-refractivity contribution in [3.63, 3.8) is 0 Å². The monoisotopic (exact) mass is 512 g/mol. The van der Waals surface area contributed by atoms with Crippen LogP contribution in [0.2, 0.25) is 5.02 Å². The predicted octanol–water partition coefficient (Wildman–Crippen LogP) is 5.53. The van der Waals surface area contributed by atoms with Crippen molar-refractivity contribution in [2.45, 2.75) is 27.2 Å². The summed E-state index contributed by atoms with van der Waals surface area (Å²) in [5.74, 6) is 1.35. The number of nitrogens with zero attached hydrogens (tertiary/aromatic N) is 3. The second-order valence-electron chi connectivity index (χ2n) is 7.61. The van der Waals surface area contributed by atoms with Gasteiger partial charge in [0.05, 0.1) is 12.2 Å². The van der Waals surface area contributed by atoms with Crippen LogP contribution in [-0.4, -0.2) is 46.8 Å². The molecule has 2 aromatic rings. The number of aryl methyl sites for hydroxylation is 1. The van der Waals surface area contributed by atoms with Gasteiger partial charge in [-0.1, -0.05) is 24.6 Å². The van der Waals surface area contributed by atoms with E-state index < -0.39 is 5.91 Å². The lowest BCUT2D eigenvalue weighted by Crippen LogP contribution is -2.35. The van der Waals surface area contributed by atoms with Crippen LogP contribution >= 0.6 is 23.4 Å². The first-order chi connectivity index (χ1) is 16.9. The van der Waals surface area contributed by atoms with Crippen molar-refractivity contribution in [1.29, 1.82) is 5.41 Å². The summed E-state index contributed by atoms with van der Waals surface area (Å²) in [5.41, 5.74) is 1.80. The van der Waals surface area contributed by atoms with Crippen LogP contribution in [0.25, 0.3) is 6.08 Å². The van der Waals surface area contributed by atoms with Crippen molar-refractivity contribution in [3.05, 3.63) is 58.1 Å². The number of fused-ring (bicyclic) bond motifs is 1.